The zero-order valence-electron chi connectivity index (χ0n) is 14.9. The highest BCUT2D eigenvalue weighted by Gasteiger charge is 2.16. The highest BCUT2D eigenvalue weighted by Crippen LogP contribution is 2.25. The van der Waals surface area contributed by atoms with Crippen molar-refractivity contribution >= 4 is 12.0 Å². The Morgan fingerprint density at radius 3 is 2.41 bits per heavy atom. The minimum absolute atomic E-state index is 0.0185. The molecule has 0 saturated carbocycles. The predicted octanol–water partition coefficient (Wildman–Crippen LogP) is 4.31. The largest absolute Gasteiger partial charge is 0.339 e. The normalized spacial score (nSPS) is 14.2. The van der Waals surface area contributed by atoms with Crippen LogP contribution in [0.15, 0.2) is 66.9 Å². The molecule has 1 saturated heterocycles. The maximum absolute atomic E-state index is 13.3. The van der Waals surface area contributed by atoms with Crippen LogP contribution in [0.25, 0.3) is 23.0 Å². The summed E-state index contributed by atoms with van der Waals surface area (Å²) >= 11 is 0. The molecule has 0 unspecified atom stereocenters. The lowest BCUT2D eigenvalue weighted by molar-refractivity contribution is -0.124. The molecule has 5 heteroatoms. The van der Waals surface area contributed by atoms with Crippen LogP contribution in [0.1, 0.15) is 18.4 Å². The van der Waals surface area contributed by atoms with E-state index in [-0.39, 0.29) is 11.7 Å². The fraction of sp³-hybridized carbons (Fsp3) is 0.182. The van der Waals surface area contributed by atoms with E-state index in [1.165, 1.54) is 12.1 Å². The zero-order chi connectivity index (χ0) is 18.6. The molecule has 1 fully saturated rings. The number of hydrogen-bond donors (Lipinski definition) is 0. The molecule has 3 aromatic rings. The number of amides is 1. The second kappa shape index (κ2) is 7.58. The average molecular weight is 361 g/mol. The number of rotatable bonds is 4. The van der Waals surface area contributed by atoms with Crippen LogP contribution in [0.5, 0.6) is 0 Å². The van der Waals surface area contributed by atoms with Crippen molar-refractivity contribution in [3.05, 3.63) is 78.3 Å². The molecule has 0 radical (unpaired) electrons. The summed E-state index contributed by atoms with van der Waals surface area (Å²) < 4.78 is 15.1. The maximum Gasteiger partial charge on any atom is 0.246 e. The van der Waals surface area contributed by atoms with Crippen LogP contribution in [-0.4, -0.2) is 33.7 Å². The van der Waals surface area contributed by atoms with E-state index < -0.39 is 0 Å². The molecule has 1 amide bonds. The number of carbonyl (C=O) groups is 1. The van der Waals surface area contributed by atoms with Crippen molar-refractivity contribution in [3.63, 3.8) is 0 Å². The molecule has 0 aliphatic carbocycles. The van der Waals surface area contributed by atoms with E-state index in [0.29, 0.717) is 5.69 Å². The van der Waals surface area contributed by atoms with Crippen molar-refractivity contribution < 1.29 is 9.18 Å². The lowest BCUT2D eigenvalue weighted by Gasteiger charge is -2.11. The van der Waals surface area contributed by atoms with Gasteiger partial charge < -0.3 is 4.90 Å². The molecule has 4 rings (SSSR count). The second-order valence-electron chi connectivity index (χ2n) is 6.59. The van der Waals surface area contributed by atoms with Gasteiger partial charge in [0.2, 0.25) is 5.91 Å². The Morgan fingerprint density at radius 1 is 1.00 bits per heavy atom. The van der Waals surface area contributed by atoms with Crippen molar-refractivity contribution in [1.82, 2.24) is 14.7 Å². The predicted molar refractivity (Wildman–Crippen MR) is 104 cm³/mol. The smallest absolute Gasteiger partial charge is 0.246 e. The first-order chi connectivity index (χ1) is 13.2. The number of aromatic nitrogens is 2. The van der Waals surface area contributed by atoms with E-state index in [4.69, 9.17) is 0 Å². The third kappa shape index (κ3) is 3.82. The maximum atomic E-state index is 13.3. The summed E-state index contributed by atoms with van der Waals surface area (Å²) in [4.78, 5) is 14.2. The van der Waals surface area contributed by atoms with Crippen molar-refractivity contribution in [1.29, 1.82) is 0 Å². The summed E-state index contributed by atoms with van der Waals surface area (Å²) in [6.07, 6.45) is 7.41. The van der Waals surface area contributed by atoms with Crippen molar-refractivity contribution in [2.45, 2.75) is 12.8 Å². The Hall–Kier alpha value is -3.21. The van der Waals surface area contributed by atoms with Crippen molar-refractivity contribution in [2.24, 2.45) is 0 Å². The van der Waals surface area contributed by atoms with Gasteiger partial charge in [-0.3, -0.25) is 4.79 Å². The number of benzene rings is 2. The minimum atomic E-state index is -0.289. The average Bonchev–Trinajstić information content (AvgIpc) is 3.38. The molecule has 0 atom stereocenters. The van der Waals surface area contributed by atoms with E-state index in [2.05, 4.69) is 5.10 Å². The molecular formula is C22H20FN3O. The van der Waals surface area contributed by atoms with E-state index in [1.54, 1.807) is 29.0 Å². The first-order valence-electron chi connectivity index (χ1n) is 9.09. The lowest BCUT2D eigenvalue weighted by atomic mass is 10.1. The molecular weight excluding hydrogens is 341 g/mol. The minimum Gasteiger partial charge on any atom is -0.339 e. The van der Waals surface area contributed by atoms with Gasteiger partial charge >= 0.3 is 0 Å². The molecule has 0 bridgehead atoms. The Bertz CT molecular complexity index is 955. The number of likely N-dealkylation sites (tertiary alicyclic amines) is 1. The molecule has 27 heavy (non-hydrogen) atoms. The standard InChI is InChI=1S/C22H20FN3O/c23-19-11-8-17(9-12-19)22-18(10-13-21(27)25-14-4-5-15-25)16-26(24-22)20-6-2-1-3-7-20/h1-3,6-13,16H,4-5,14-15H2/b13-10+. The van der Waals surface area contributed by atoms with Crippen molar-refractivity contribution in [2.75, 3.05) is 13.1 Å². The summed E-state index contributed by atoms with van der Waals surface area (Å²) in [6.45, 7) is 1.63. The molecule has 1 aliphatic rings. The Kier molecular flexibility index (Phi) is 4.83. The first-order valence-corrected chi connectivity index (χ1v) is 9.09. The van der Waals surface area contributed by atoms with E-state index in [0.717, 1.165) is 42.7 Å². The summed E-state index contributed by atoms with van der Waals surface area (Å²) in [7, 11) is 0. The molecule has 0 spiro atoms. The SMILES string of the molecule is O=C(/C=C/c1cn(-c2ccccc2)nc1-c1ccc(F)cc1)N1CCCC1. The fourth-order valence-corrected chi connectivity index (χ4v) is 3.26. The monoisotopic (exact) mass is 361 g/mol. The zero-order valence-corrected chi connectivity index (χ0v) is 14.9. The van der Waals surface area contributed by atoms with Crippen LogP contribution < -0.4 is 0 Å². The Labute approximate surface area is 157 Å². The molecule has 1 aromatic heterocycles. The second-order valence-corrected chi connectivity index (χ2v) is 6.59. The summed E-state index contributed by atoms with van der Waals surface area (Å²) in [5, 5.41) is 4.67. The van der Waals surface area contributed by atoms with Crippen LogP contribution in [0.3, 0.4) is 0 Å². The highest BCUT2D eigenvalue weighted by atomic mass is 19.1. The Balaban J connectivity index is 1.70. The number of para-hydroxylation sites is 1. The number of halogens is 1. The van der Waals surface area contributed by atoms with E-state index >= 15 is 0 Å². The van der Waals surface area contributed by atoms with Gasteiger partial charge in [-0.1, -0.05) is 18.2 Å². The van der Waals surface area contributed by atoms with Gasteiger partial charge in [-0.05, 0) is 55.3 Å². The summed E-state index contributed by atoms with van der Waals surface area (Å²) in [6, 6.07) is 16.0. The van der Waals surface area contributed by atoms with Crippen LogP contribution in [-0.2, 0) is 4.79 Å². The fourth-order valence-electron chi connectivity index (χ4n) is 3.26. The molecule has 0 N–H and O–H groups in total. The van der Waals surface area contributed by atoms with Gasteiger partial charge in [0.1, 0.15) is 5.82 Å². The number of carbonyl (C=O) groups excluding carboxylic acids is 1. The van der Waals surface area contributed by atoms with Gasteiger partial charge in [0.25, 0.3) is 0 Å². The molecule has 1 aliphatic heterocycles. The lowest BCUT2D eigenvalue weighted by Crippen LogP contribution is -2.25. The van der Waals surface area contributed by atoms with Crippen LogP contribution in [0, 0.1) is 5.82 Å². The van der Waals surface area contributed by atoms with Gasteiger partial charge in [0.15, 0.2) is 0 Å². The molecule has 2 aromatic carbocycles. The topological polar surface area (TPSA) is 38.1 Å². The van der Waals surface area contributed by atoms with Crippen LogP contribution >= 0.6 is 0 Å². The molecule has 136 valence electrons. The van der Waals surface area contributed by atoms with Gasteiger partial charge in [-0.2, -0.15) is 5.10 Å². The quantitative estimate of drug-likeness (QED) is 0.649. The first kappa shape index (κ1) is 17.2. The molecule has 4 nitrogen and oxygen atoms in total. The third-order valence-corrected chi connectivity index (χ3v) is 4.70. The van der Waals surface area contributed by atoms with Crippen LogP contribution in [0.2, 0.25) is 0 Å². The highest BCUT2D eigenvalue weighted by molar-refractivity contribution is 5.93. The van der Waals surface area contributed by atoms with Crippen LogP contribution in [0.4, 0.5) is 4.39 Å². The molecule has 2 heterocycles. The summed E-state index contributed by atoms with van der Waals surface area (Å²) in [5.74, 6) is -0.271. The van der Waals surface area contributed by atoms with E-state index in [9.17, 15) is 9.18 Å². The third-order valence-electron chi connectivity index (χ3n) is 4.70. The van der Waals surface area contributed by atoms with Crippen molar-refractivity contribution in [3.8, 4) is 16.9 Å². The van der Waals surface area contributed by atoms with Gasteiger partial charge in [-0.15, -0.1) is 0 Å². The van der Waals surface area contributed by atoms with Gasteiger partial charge in [0, 0.05) is 36.5 Å². The van der Waals surface area contributed by atoms with Gasteiger partial charge in [-0.25, -0.2) is 9.07 Å². The summed E-state index contributed by atoms with van der Waals surface area (Å²) in [5.41, 5.74) is 3.26. The number of nitrogens with zero attached hydrogens (tertiary/aromatic N) is 3. The van der Waals surface area contributed by atoms with E-state index in [1.807, 2.05) is 41.4 Å². The number of hydrogen-bond acceptors (Lipinski definition) is 2. The Morgan fingerprint density at radius 2 is 1.70 bits per heavy atom. The van der Waals surface area contributed by atoms with Gasteiger partial charge in [0.05, 0.1) is 11.4 Å².